The van der Waals surface area contributed by atoms with Gasteiger partial charge in [0.25, 0.3) is 5.91 Å². The molecule has 3 aromatic carbocycles. The van der Waals surface area contributed by atoms with E-state index in [-0.39, 0.29) is 54.7 Å². The van der Waals surface area contributed by atoms with Crippen molar-refractivity contribution < 1.29 is 28.7 Å². The highest BCUT2D eigenvalue weighted by Gasteiger charge is 2.30. The van der Waals surface area contributed by atoms with Crippen molar-refractivity contribution in [2.75, 3.05) is 62.4 Å². The summed E-state index contributed by atoms with van der Waals surface area (Å²) in [6.45, 7) is 2.71. The summed E-state index contributed by atoms with van der Waals surface area (Å²) in [5, 5.41) is 11.6. The Balaban J connectivity index is 1.34. The van der Waals surface area contributed by atoms with Crippen molar-refractivity contribution in [1.82, 2.24) is 15.5 Å². The summed E-state index contributed by atoms with van der Waals surface area (Å²) in [5.41, 5.74) is 2.45. The summed E-state index contributed by atoms with van der Waals surface area (Å²) >= 11 is 0. The molecule has 4 N–H and O–H groups in total. The Bertz CT molecular complexity index is 1540. The number of piperazine rings is 1. The molecule has 3 aromatic rings. The summed E-state index contributed by atoms with van der Waals surface area (Å²) in [7, 11) is 3.81. The molecule has 0 aliphatic carbocycles. The predicted octanol–water partition coefficient (Wildman–Crippen LogP) is 2.96. The highest BCUT2D eigenvalue weighted by Crippen LogP contribution is 2.37. The fraction of sp³-hybridized carbons (Fsp3) is 0.333. The smallest absolute Gasteiger partial charge is 0.254 e. The number of nitrogens with zero attached hydrogens (tertiary/aromatic N) is 2. The van der Waals surface area contributed by atoms with Gasteiger partial charge < -0.3 is 40.5 Å². The van der Waals surface area contributed by atoms with Crippen LogP contribution in [0.4, 0.5) is 17.1 Å². The zero-order valence-electron chi connectivity index (χ0n) is 25.4. The monoisotopic (exact) mass is 614 g/mol. The molecule has 0 unspecified atom stereocenters. The maximum absolute atomic E-state index is 13.4. The first kappa shape index (κ1) is 31.5. The molecule has 1 atom stereocenters. The molecule has 0 spiro atoms. The Morgan fingerprint density at radius 1 is 1.00 bits per heavy atom. The second-order valence-electron chi connectivity index (χ2n) is 11.1. The minimum Gasteiger partial charge on any atom is -0.455 e. The van der Waals surface area contributed by atoms with Gasteiger partial charge >= 0.3 is 0 Å². The summed E-state index contributed by atoms with van der Waals surface area (Å²) in [5.74, 6) is -0.760. The molecule has 0 aromatic heterocycles. The summed E-state index contributed by atoms with van der Waals surface area (Å²) in [4.78, 5) is 55.9. The molecule has 1 saturated heterocycles. The molecule has 2 aliphatic heterocycles. The minimum absolute atomic E-state index is 0.0598. The first-order valence-corrected chi connectivity index (χ1v) is 14.9. The summed E-state index contributed by atoms with van der Waals surface area (Å²) in [6.07, 6.45) is 0.271. The number of hydrogen-bond donors (Lipinski definition) is 4. The van der Waals surface area contributed by atoms with E-state index in [1.54, 1.807) is 11.0 Å². The van der Waals surface area contributed by atoms with Gasteiger partial charge in [-0.3, -0.25) is 19.2 Å². The Morgan fingerprint density at radius 2 is 1.78 bits per heavy atom. The molecular weight excluding hydrogens is 576 g/mol. The van der Waals surface area contributed by atoms with Crippen LogP contribution in [-0.4, -0.2) is 81.5 Å². The number of carbonyl (C=O) groups is 4. The van der Waals surface area contributed by atoms with Crippen molar-refractivity contribution in [2.45, 2.75) is 25.5 Å². The largest absolute Gasteiger partial charge is 0.455 e. The molecule has 0 radical (unpaired) electrons. The van der Waals surface area contributed by atoms with E-state index >= 15 is 0 Å². The van der Waals surface area contributed by atoms with Gasteiger partial charge in [0.1, 0.15) is 18.4 Å². The maximum Gasteiger partial charge on any atom is 0.254 e. The number of nitrogens with one attached hydrogen (secondary N) is 4. The molecular formula is C33H38N6O6. The van der Waals surface area contributed by atoms with Crippen LogP contribution in [0.5, 0.6) is 11.5 Å². The van der Waals surface area contributed by atoms with Gasteiger partial charge in [-0.2, -0.15) is 0 Å². The number of rotatable bonds is 11. The lowest BCUT2D eigenvalue weighted by Crippen LogP contribution is -2.47. The van der Waals surface area contributed by atoms with Crippen molar-refractivity contribution in [2.24, 2.45) is 0 Å². The molecule has 0 saturated carbocycles. The highest BCUT2D eigenvalue weighted by atomic mass is 16.5. The van der Waals surface area contributed by atoms with E-state index in [4.69, 9.17) is 9.47 Å². The average molecular weight is 615 g/mol. The number of amides is 4. The second kappa shape index (κ2) is 14.7. The SMILES string of the molecule is CN(C)c1cccc(Oc2cc3c(cc2NC(=O)COCc2ccccc2)NC(=O)[C@@H](CCC(=O)N2CCNCC2)NC3=O)c1. The second-order valence-corrected chi connectivity index (χ2v) is 11.1. The van der Waals surface area contributed by atoms with Crippen LogP contribution in [0.15, 0.2) is 66.7 Å². The lowest BCUT2D eigenvalue weighted by Gasteiger charge is -2.28. The van der Waals surface area contributed by atoms with Crippen LogP contribution < -0.4 is 30.9 Å². The molecule has 0 bridgehead atoms. The number of benzene rings is 3. The zero-order valence-corrected chi connectivity index (χ0v) is 25.4. The van der Waals surface area contributed by atoms with Gasteiger partial charge in [0, 0.05) is 58.4 Å². The van der Waals surface area contributed by atoms with E-state index in [1.807, 2.05) is 67.5 Å². The van der Waals surface area contributed by atoms with E-state index in [2.05, 4.69) is 21.3 Å². The average Bonchev–Trinajstić information content (AvgIpc) is 3.15. The van der Waals surface area contributed by atoms with E-state index in [0.717, 1.165) is 24.3 Å². The molecule has 12 heteroatoms. The van der Waals surface area contributed by atoms with Gasteiger partial charge in [0.05, 0.1) is 23.5 Å². The van der Waals surface area contributed by atoms with Crippen LogP contribution in [0, 0.1) is 0 Å². The van der Waals surface area contributed by atoms with Gasteiger partial charge in [-0.1, -0.05) is 36.4 Å². The lowest BCUT2D eigenvalue weighted by atomic mass is 10.1. The molecule has 2 aliphatic rings. The standard InChI is InChI=1S/C33H38N6O6/c1-38(2)23-9-6-10-24(17-23)45-29-18-25-27(19-28(29)35-30(40)21-44-20-22-7-4-3-5-8-22)37-33(43)26(36-32(25)42)11-12-31(41)39-15-13-34-14-16-39/h3-10,17-19,26,34H,11-16,20-21H2,1-2H3,(H,35,40)(H,36,42)(H,37,43)/t26-/m1/s1. The number of ether oxygens (including phenoxy) is 2. The normalized spacial score (nSPS) is 16.1. The zero-order chi connectivity index (χ0) is 31.8. The van der Waals surface area contributed by atoms with Gasteiger partial charge in [0.2, 0.25) is 17.7 Å². The maximum atomic E-state index is 13.4. The van der Waals surface area contributed by atoms with E-state index < -0.39 is 23.8 Å². The fourth-order valence-electron chi connectivity index (χ4n) is 5.09. The predicted molar refractivity (Wildman–Crippen MR) is 171 cm³/mol. The highest BCUT2D eigenvalue weighted by molar-refractivity contribution is 6.11. The van der Waals surface area contributed by atoms with Crippen molar-refractivity contribution in [3.8, 4) is 11.5 Å². The van der Waals surface area contributed by atoms with Crippen LogP contribution in [0.2, 0.25) is 0 Å². The van der Waals surface area contributed by atoms with Crippen LogP contribution in [0.1, 0.15) is 28.8 Å². The van der Waals surface area contributed by atoms with Crippen LogP contribution in [-0.2, 0) is 25.7 Å². The van der Waals surface area contributed by atoms with Gasteiger partial charge in [-0.15, -0.1) is 0 Å². The molecule has 12 nitrogen and oxygen atoms in total. The van der Waals surface area contributed by atoms with Crippen molar-refractivity contribution >= 4 is 40.7 Å². The minimum atomic E-state index is -0.915. The molecule has 1 fully saturated rings. The Labute approximate surface area is 262 Å². The van der Waals surface area contributed by atoms with E-state index in [0.29, 0.717) is 18.8 Å². The number of anilines is 3. The molecule has 4 amide bonds. The van der Waals surface area contributed by atoms with Gasteiger partial charge in [0.15, 0.2) is 5.75 Å². The quantitative estimate of drug-likeness (QED) is 0.259. The third kappa shape index (κ3) is 8.37. The van der Waals surface area contributed by atoms with Crippen LogP contribution in [0.3, 0.4) is 0 Å². The molecule has 2 heterocycles. The van der Waals surface area contributed by atoms with Crippen LogP contribution >= 0.6 is 0 Å². The Morgan fingerprint density at radius 3 is 2.53 bits per heavy atom. The Kier molecular flexibility index (Phi) is 10.3. The third-order valence-electron chi connectivity index (χ3n) is 7.54. The molecule has 5 rings (SSSR count). The summed E-state index contributed by atoms with van der Waals surface area (Å²) < 4.78 is 11.8. The summed E-state index contributed by atoms with van der Waals surface area (Å²) in [6, 6.07) is 18.9. The van der Waals surface area contributed by atoms with Gasteiger partial charge in [-0.25, -0.2) is 0 Å². The fourth-order valence-corrected chi connectivity index (χ4v) is 5.09. The first-order chi connectivity index (χ1) is 21.8. The number of hydrogen-bond acceptors (Lipinski definition) is 8. The van der Waals surface area contributed by atoms with Crippen LogP contribution in [0.25, 0.3) is 0 Å². The third-order valence-corrected chi connectivity index (χ3v) is 7.54. The van der Waals surface area contributed by atoms with Crippen molar-refractivity contribution in [1.29, 1.82) is 0 Å². The Hall–Kier alpha value is -4.94. The van der Waals surface area contributed by atoms with Crippen molar-refractivity contribution in [3.05, 3.63) is 77.9 Å². The van der Waals surface area contributed by atoms with Crippen molar-refractivity contribution in [3.63, 3.8) is 0 Å². The van der Waals surface area contributed by atoms with Gasteiger partial charge in [-0.05, 0) is 36.2 Å². The van der Waals surface area contributed by atoms with E-state index in [1.165, 1.54) is 12.1 Å². The topological polar surface area (TPSA) is 141 Å². The first-order valence-electron chi connectivity index (χ1n) is 14.9. The van der Waals surface area contributed by atoms with E-state index in [9.17, 15) is 19.2 Å². The lowest BCUT2D eigenvalue weighted by molar-refractivity contribution is -0.132. The molecule has 45 heavy (non-hydrogen) atoms. The number of carbonyl (C=O) groups excluding carboxylic acids is 4. The molecule has 236 valence electrons. The number of fused-ring (bicyclic) bond motifs is 1.